The summed E-state index contributed by atoms with van der Waals surface area (Å²) in [7, 11) is 0. The van der Waals surface area contributed by atoms with Crippen molar-refractivity contribution in [1.29, 1.82) is 0 Å². The van der Waals surface area contributed by atoms with Crippen LogP contribution in [0.4, 0.5) is 0 Å². The highest BCUT2D eigenvalue weighted by atomic mass is 16.4. The lowest BCUT2D eigenvalue weighted by atomic mass is 9.86. The Bertz CT molecular complexity index is 387. The molecule has 6 heteroatoms. The second kappa shape index (κ2) is 8.00. The molecule has 2 amide bonds. The predicted molar refractivity (Wildman–Crippen MR) is 78.6 cm³/mol. The standard InChI is InChI=1S/C15H26N2O4/c1-4-12(18)17-13(9(2)3)14(19)16-11-7-5-10(6-8-11)15(20)21/h9-11,13H,4-8H2,1-3H3,(H,16,19)(H,17,18)(H,20,21)/t10-,11+,13-/m0/s1. The Balaban J connectivity index is 2.51. The third-order valence-corrected chi connectivity index (χ3v) is 4.01. The summed E-state index contributed by atoms with van der Waals surface area (Å²) in [6.07, 6.45) is 2.88. The summed E-state index contributed by atoms with van der Waals surface area (Å²) >= 11 is 0. The monoisotopic (exact) mass is 298 g/mol. The summed E-state index contributed by atoms with van der Waals surface area (Å²) in [5.74, 6) is -1.35. The van der Waals surface area contributed by atoms with E-state index in [0.29, 0.717) is 32.1 Å². The second-order valence-corrected chi connectivity index (χ2v) is 6.04. The van der Waals surface area contributed by atoms with Gasteiger partial charge in [-0.1, -0.05) is 20.8 Å². The van der Waals surface area contributed by atoms with Gasteiger partial charge in [0.25, 0.3) is 0 Å². The third kappa shape index (κ3) is 5.36. The van der Waals surface area contributed by atoms with Gasteiger partial charge >= 0.3 is 5.97 Å². The topological polar surface area (TPSA) is 95.5 Å². The van der Waals surface area contributed by atoms with Crippen LogP contribution in [0, 0.1) is 11.8 Å². The van der Waals surface area contributed by atoms with Crippen molar-refractivity contribution < 1.29 is 19.5 Å². The van der Waals surface area contributed by atoms with Crippen LogP contribution in [0.25, 0.3) is 0 Å². The Hall–Kier alpha value is -1.59. The maximum atomic E-state index is 12.3. The van der Waals surface area contributed by atoms with Gasteiger partial charge in [-0.2, -0.15) is 0 Å². The third-order valence-electron chi connectivity index (χ3n) is 4.01. The highest BCUT2D eigenvalue weighted by Crippen LogP contribution is 2.24. The fraction of sp³-hybridized carbons (Fsp3) is 0.800. The van der Waals surface area contributed by atoms with E-state index >= 15 is 0 Å². The first kappa shape index (κ1) is 17.5. The van der Waals surface area contributed by atoms with Gasteiger partial charge in [0, 0.05) is 12.5 Å². The van der Waals surface area contributed by atoms with Crippen LogP contribution in [-0.4, -0.2) is 35.0 Å². The van der Waals surface area contributed by atoms with Gasteiger partial charge in [-0.3, -0.25) is 14.4 Å². The fourth-order valence-corrected chi connectivity index (χ4v) is 2.59. The van der Waals surface area contributed by atoms with E-state index in [-0.39, 0.29) is 29.7 Å². The van der Waals surface area contributed by atoms with Gasteiger partial charge in [0.15, 0.2) is 0 Å². The quantitative estimate of drug-likeness (QED) is 0.688. The van der Waals surface area contributed by atoms with E-state index in [9.17, 15) is 14.4 Å². The van der Waals surface area contributed by atoms with E-state index in [1.165, 1.54) is 0 Å². The van der Waals surface area contributed by atoms with E-state index in [0.717, 1.165) is 0 Å². The number of hydrogen-bond donors (Lipinski definition) is 3. The molecule has 1 aliphatic rings. The van der Waals surface area contributed by atoms with E-state index < -0.39 is 12.0 Å². The summed E-state index contributed by atoms with van der Waals surface area (Å²) in [5.41, 5.74) is 0. The first-order valence-corrected chi connectivity index (χ1v) is 7.67. The van der Waals surface area contributed by atoms with Gasteiger partial charge in [-0.05, 0) is 31.6 Å². The predicted octanol–water partition coefficient (Wildman–Crippen LogP) is 1.30. The summed E-state index contributed by atoms with van der Waals surface area (Å²) in [6, 6.07) is -0.525. The van der Waals surface area contributed by atoms with Crippen molar-refractivity contribution in [3.8, 4) is 0 Å². The maximum Gasteiger partial charge on any atom is 0.306 e. The van der Waals surface area contributed by atoms with Crippen molar-refractivity contribution in [3.05, 3.63) is 0 Å². The van der Waals surface area contributed by atoms with Gasteiger partial charge in [-0.15, -0.1) is 0 Å². The number of amides is 2. The molecule has 1 fully saturated rings. The lowest BCUT2D eigenvalue weighted by molar-refractivity contribution is -0.143. The van der Waals surface area contributed by atoms with Gasteiger partial charge in [0.05, 0.1) is 5.92 Å². The van der Waals surface area contributed by atoms with Crippen LogP contribution in [-0.2, 0) is 14.4 Å². The van der Waals surface area contributed by atoms with E-state index in [1.807, 2.05) is 13.8 Å². The number of carboxylic acids is 1. The maximum absolute atomic E-state index is 12.3. The largest absolute Gasteiger partial charge is 0.481 e. The van der Waals surface area contributed by atoms with Crippen LogP contribution in [0.3, 0.4) is 0 Å². The van der Waals surface area contributed by atoms with E-state index in [4.69, 9.17) is 5.11 Å². The minimum atomic E-state index is -0.755. The molecule has 1 aliphatic carbocycles. The van der Waals surface area contributed by atoms with Gasteiger partial charge < -0.3 is 15.7 Å². The molecule has 0 bridgehead atoms. The average Bonchev–Trinajstić information content (AvgIpc) is 2.44. The first-order valence-electron chi connectivity index (χ1n) is 7.67. The van der Waals surface area contributed by atoms with E-state index in [2.05, 4.69) is 10.6 Å². The van der Waals surface area contributed by atoms with Crippen LogP contribution in [0.1, 0.15) is 52.9 Å². The zero-order chi connectivity index (χ0) is 16.0. The molecular weight excluding hydrogens is 272 g/mol. The number of aliphatic carboxylic acids is 1. The molecular formula is C15H26N2O4. The average molecular weight is 298 g/mol. The zero-order valence-electron chi connectivity index (χ0n) is 13.0. The molecule has 3 N–H and O–H groups in total. The van der Waals surface area contributed by atoms with Crippen LogP contribution >= 0.6 is 0 Å². The van der Waals surface area contributed by atoms with E-state index in [1.54, 1.807) is 6.92 Å². The number of carbonyl (C=O) groups excluding carboxylic acids is 2. The molecule has 1 rings (SSSR count). The molecule has 0 radical (unpaired) electrons. The van der Waals surface area contributed by atoms with Crippen LogP contribution in [0.5, 0.6) is 0 Å². The van der Waals surface area contributed by atoms with Crippen LogP contribution in [0.15, 0.2) is 0 Å². The smallest absolute Gasteiger partial charge is 0.306 e. The van der Waals surface area contributed by atoms with Crippen LogP contribution in [0.2, 0.25) is 0 Å². The number of nitrogens with one attached hydrogen (secondary N) is 2. The SMILES string of the molecule is CCC(=O)N[C@H](C(=O)N[C@H]1CC[C@@H](C(=O)O)CC1)C(C)C. The minimum Gasteiger partial charge on any atom is -0.481 e. The molecule has 1 atom stereocenters. The summed E-state index contributed by atoms with van der Waals surface area (Å²) in [5, 5.41) is 14.6. The molecule has 0 aromatic rings. The highest BCUT2D eigenvalue weighted by molar-refractivity contribution is 5.87. The molecule has 0 saturated heterocycles. The lowest BCUT2D eigenvalue weighted by Crippen LogP contribution is -2.52. The normalized spacial score (nSPS) is 23.4. The summed E-state index contributed by atoms with van der Waals surface area (Å²) in [6.45, 7) is 5.53. The van der Waals surface area contributed by atoms with Crippen molar-refractivity contribution in [1.82, 2.24) is 10.6 Å². The number of carboxylic acid groups (broad SMARTS) is 1. The molecule has 0 aromatic carbocycles. The Morgan fingerprint density at radius 3 is 2.14 bits per heavy atom. The van der Waals surface area contributed by atoms with Crippen molar-refractivity contribution in [2.45, 2.75) is 65.0 Å². The van der Waals surface area contributed by atoms with Crippen molar-refractivity contribution in [2.75, 3.05) is 0 Å². The Morgan fingerprint density at radius 2 is 1.71 bits per heavy atom. The summed E-state index contributed by atoms with van der Waals surface area (Å²) in [4.78, 5) is 34.7. The molecule has 0 spiro atoms. The summed E-state index contributed by atoms with van der Waals surface area (Å²) < 4.78 is 0. The fourth-order valence-electron chi connectivity index (χ4n) is 2.59. The second-order valence-electron chi connectivity index (χ2n) is 6.04. The molecule has 120 valence electrons. The molecule has 0 aromatic heterocycles. The van der Waals surface area contributed by atoms with Gasteiger partial charge in [0.1, 0.15) is 6.04 Å². The van der Waals surface area contributed by atoms with Crippen molar-refractivity contribution >= 4 is 17.8 Å². The Kier molecular flexibility index (Phi) is 6.65. The Morgan fingerprint density at radius 1 is 1.14 bits per heavy atom. The van der Waals surface area contributed by atoms with Crippen LogP contribution < -0.4 is 10.6 Å². The highest BCUT2D eigenvalue weighted by Gasteiger charge is 2.29. The van der Waals surface area contributed by atoms with Crippen molar-refractivity contribution in [2.24, 2.45) is 11.8 Å². The molecule has 6 nitrogen and oxygen atoms in total. The Labute approximate surface area is 125 Å². The minimum absolute atomic E-state index is 0.00729. The number of rotatable bonds is 6. The van der Waals surface area contributed by atoms with Gasteiger partial charge in [-0.25, -0.2) is 0 Å². The molecule has 0 unspecified atom stereocenters. The number of carbonyl (C=O) groups is 3. The zero-order valence-corrected chi connectivity index (χ0v) is 13.0. The molecule has 0 heterocycles. The number of hydrogen-bond acceptors (Lipinski definition) is 3. The molecule has 0 aliphatic heterocycles. The molecule has 21 heavy (non-hydrogen) atoms. The lowest BCUT2D eigenvalue weighted by Gasteiger charge is -2.29. The molecule has 1 saturated carbocycles. The van der Waals surface area contributed by atoms with Crippen molar-refractivity contribution in [3.63, 3.8) is 0 Å². The first-order chi connectivity index (χ1) is 9.85. The van der Waals surface area contributed by atoms with Gasteiger partial charge in [0.2, 0.25) is 11.8 Å².